The molecule has 144 valence electrons. The molecule has 4 rings (SSSR count). The number of sulfonamides is 1. The van der Waals surface area contributed by atoms with Crippen LogP contribution in [0, 0.1) is 0 Å². The van der Waals surface area contributed by atoms with Gasteiger partial charge in [-0.3, -0.25) is 24.4 Å². The van der Waals surface area contributed by atoms with E-state index in [4.69, 9.17) is 0 Å². The third kappa shape index (κ3) is 3.13. The largest absolute Gasteiger partial charge is 0.322 e. The minimum Gasteiger partial charge on any atom is -0.322 e. The number of anilines is 1. The highest BCUT2D eigenvalue weighted by molar-refractivity contribution is 7.92. The highest BCUT2D eigenvalue weighted by atomic mass is 32.2. The van der Waals surface area contributed by atoms with Crippen LogP contribution in [-0.2, 0) is 26.2 Å². The van der Waals surface area contributed by atoms with Crippen LogP contribution in [0.25, 0.3) is 0 Å². The third-order valence-corrected chi connectivity index (χ3v) is 6.26. The van der Waals surface area contributed by atoms with Crippen molar-refractivity contribution in [2.24, 2.45) is 0 Å². The Hall–Kier alpha value is -3.20. The molecule has 28 heavy (non-hydrogen) atoms. The zero-order chi connectivity index (χ0) is 19.9. The molecule has 0 saturated carbocycles. The number of benzene rings is 2. The van der Waals surface area contributed by atoms with Crippen LogP contribution >= 0.6 is 0 Å². The monoisotopic (exact) mass is 399 g/mol. The van der Waals surface area contributed by atoms with Gasteiger partial charge >= 0.3 is 0 Å². The molecule has 2 aromatic carbocycles. The molecule has 9 heteroatoms. The highest BCUT2D eigenvalue weighted by Crippen LogP contribution is 2.33. The number of piperidine rings is 1. The Kier molecular flexibility index (Phi) is 4.38. The van der Waals surface area contributed by atoms with Crippen LogP contribution in [0.4, 0.5) is 5.69 Å². The van der Waals surface area contributed by atoms with Crippen LogP contribution in [-0.4, -0.2) is 37.1 Å². The Morgan fingerprint density at radius 3 is 2.46 bits per heavy atom. The zero-order valence-corrected chi connectivity index (χ0v) is 15.5. The molecule has 3 amide bonds. The molecule has 2 aliphatic heterocycles. The van der Waals surface area contributed by atoms with E-state index in [0.29, 0.717) is 16.8 Å². The fourth-order valence-electron chi connectivity index (χ4n) is 3.48. The first kappa shape index (κ1) is 18.2. The molecule has 2 aromatic rings. The fourth-order valence-corrected chi connectivity index (χ4v) is 4.60. The molecule has 1 fully saturated rings. The molecule has 0 aliphatic carbocycles. The summed E-state index contributed by atoms with van der Waals surface area (Å²) in [6.07, 6.45) is 0.402. The lowest BCUT2D eigenvalue weighted by atomic mass is 10.0. The minimum atomic E-state index is -3.82. The number of hydrogen-bond acceptors (Lipinski definition) is 5. The number of rotatable bonds is 4. The quantitative estimate of drug-likeness (QED) is 0.752. The Labute approximate surface area is 161 Å². The maximum atomic E-state index is 12.8. The first-order chi connectivity index (χ1) is 13.4. The molecular formula is C19H17N3O5S. The second kappa shape index (κ2) is 6.75. The molecule has 0 aromatic heterocycles. The van der Waals surface area contributed by atoms with E-state index in [2.05, 4.69) is 10.0 Å². The number of fused-ring (bicyclic) bond motifs is 1. The van der Waals surface area contributed by atoms with Crippen molar-refractivity contribution in [2.45, 2.75) is 30.3 Å². The third-order valence-electron chi connectivity index (χ3n) is 4.88. The summed E-state index contributed by atoms with van der Waals surface area (Å²) in [6.45, 7) is 0.0912. The average Bonchev–Trinajstić information content (AvgIpc) is 3.00. The summed E-state index contributed by atoms with van der Waals surface area (Å²) < 4.78 is 27.8. The maximum Gasteiger partial charge on any atom is 0.261 e. The smallest absolute Gasteiger partial charge is 0.261 e. The van der Waals surface area contributed by atoms with Gasteiger partial charge in [0.2, 0.25) is 11.8 Å². The molecule has 8 nitrogen and oxygen atoms in total. The summed E-state index contributed by atoms with van der Waals surface area (Å²) in [4.78, 5) is 37.8. The van der Waals surface area contributed by atoms with Gasteiger partial charge in [0.15, 0.2) is 0 Å². The Morgan fingerprint density at radius 1 is 1.00 bits per heavy atom. The van der Waals surface area contributed by atoms with Crippen LogP contribution in [0.3, 0.4) is 0 Å². The van der Waals surface area contributed by atoms with Gasteiger partial charge in [-0.2, -0.15) is 0 Å². The molecule has 0 spiro atoms. The molecule has 0 bridgehead atoms. The molecule has 0 radical (unpaired) electrons. The Balaban J connectivity index is 1.63. The van der Waals surface area contributed by atoms with Crippen molar-refractivity contribution in [3.63, 3.8) is 0 Å². The summed E-state index contributed by atoms with van der Waals surface area (Å²) >= 11 is 0. The number of hydrogen-bond donors (Lipinski definition) is 2. The van der Waals surface area contributed by atoms with Gasteiger partial charge in [0.1, 0.15) is 6.04 Å². The molecule has 1 saturated heterocycles. The normalized spacial score (nSPS) is 19.4. The average molecular weight is 399 g/mol. The van der Waals surface area contributed by atoms with Gasteiger partial charge in [-0.25, -0.2) is 8.42 Å². The van der Waals surface area contributed by atoms with E-state index in [1.54, 1.807) is 36.4 Å². The van der Waals surface area contributed by atoms with Crippen molar-refractivity contribution in [3.05, 3.63) is 59.7 Å². The molecule has 2 N–H and O–H groups in total. The fraction of sp³-hybridized carbons (Fsp3) is 0.211. The summed E-state index contributed by atoms with van der Waals surface area (Å²) in [7, 11) is -3.82. The van der Waals surface area contributed by atoms with E-state index >= 15 is 0 Å². The van der Waals surface area contributed by atoms with Crippen LogP contribution in [0.15, 0.2) is 53.4 Å². The van der Waals surface area contributed by atoms with Gasteiger partial charge in [-0.15, -0.1) is 0 Å². The van der Waals surface area contributed by atoms with E-state index in [-0.39, 0.29) is 36.1 Å². The van der Waals surface area contributed by atoms with Gasteiger partial charge in [0.25, 0.3) is 15.9 Å². The Bertz CT molecular complexity index is 1080. The van der Waals surface area contributed by atoms with Crippen LogP contribution < -0.4 is 10.0 Å². The molecule has 1 atom stereocenters. The number of carbonyl (C=O) groups excluding carboxylic acids is 3. The predicted octanol–water partition coefficient (Wildman–Crippen LogP) is 1.25. The van der Waals surface area contributed by atoms with E-state index in [1.165, 1.54) is 17.0 Å². The van der Waals surface area contributed by atoms with Crippen LogP contribution in [0.2, 0.25) is 0 Å². The van der Waals surface area contributed by atoms with Gasteiger partial charge < -0.3 is 4.90 Å². The van der Waals surface area contributed by atoms with Crippen molar-refractivity contribution >= 4 is 33.4 Å². The number of imide groups is 1. The highest BCUT2D eigenvalue weighted by Gasteiger charge is 2.40. The standard InChI is InChI=1S/C19H17N3O5S/c23-17-10-9-16(18(24)20-17)22-11-14-13(19(22)25)7-4-8-15(14)21-28(26,27)12-5-2-1-3-6-12/h1-8,16,21H,9-11H2,(H,20,23,24). The predicted molar refractivity (Wildman–Crippen MR) is 99.7 cm³/mol. The summed E-state index contributed by atoms with van der Waals surface area (Å²) in [5, 5.41) is 2.24. The molecular weight excluding hydrogens is 382 g/mol. The second-order valence-corrected chi connectivity index (χ2v) is 8.33. The lowest BCUT2D eigenvalue weighted by molar-refractivity contribution is -0.136. The first-order valence-corrected chi connectivity index (χ1v) is 10.2. The van der Waals surface area contributed by atoms with Crippen molar-refractivity contribution in [1.82, 2.24) is 10.2 Å². The van der Waals surface area contributed by atoms with Crippen LogP contribution in [0.5, 0.6) is 0 Å². The van der Waals surface area contributed by atoms with Crippen LogP contribution in [0.1, 0.15) is 28.8 Å². The molecule has 2 aliphatic rings. The van der Waals surface area contributed by atoms with Gasteiger partial charge in [-0.1, -0.05) is 24.3 Å². The lowest BCUT2D eigenvalue weighted by Gasteiger charge is -2.29. The van der Waals surface area contributed by atoms with E-state index in [9.17, 15) is 22.8 Å². The number of nitrogens with zero attached hydrogens (tertiary/aromatic N) is 1. The first-order valence-electron chi connectivity index (χ1n) is 8.71. The maximum absolute atomic E-state index is 12.8. The number of carbonyl (C=O) groups is 3. The van der Waals surface area contributed by atoms with E-state index in [0.717, 1.165) is 0 Å². The van der Waals surface area contributed by atoms with Crippen molar-refractivity contribution in [3.8, 4) is 0 Å². The summed E-state index contributed by atoms with van der Waals surface area (Å²) in [5.41, 5.74) is 1.15. The van der Waals surface area contributed by atoms with Crippen molar-refractivity contribution in [1.29, 1.82) is 0 Å². The molecule has 2 heterocycles. The number of amides is 3. The topological polar surface area (TPSA) is 113 Å². The van der Waals surface area contributed by atoms with Gasteiger partial charge in [-0.05, 0) is 30.7 Å². The van der Waals surface area contributed by atoms with Crippen molar-refractivity contribution in [2.75, 3.05) is 4.72 Å². The van der Waals surface area contributed by atoms with Gasteiger partial charge in [0, 0.05) is 24.1 Å². The summed E-state index contributed by atoms with van der Waals surface area (Å²) in [6, 6.07) is 11.9. The SMILES string of the molecule is O=C1CCC(N2Cc3c(NS(=O)(=O)c4ccccc4)cccc3C2=O)C(=O)N1. The minimum absolute atomic E-state index is 0.0912. The Morgan fingerprint density at radius 2 is 1.75 bits per heavy atom. The zero-order valence-electron chi connectivity index (χ0n) is 14.7. The lowest BCUT2D eigenvalue weighted by Crippen LogP contribution is -2.52. The van der Waals surface area contributed by atoms with E-state index in [1.807, 2.05) is 0 Å². The summed E-state index contributed by atoms with van der Waals surface area (Å²) in [5.74, 6) is -1.23. The van der Waals surface area contributed by atoms with E-state index < -0.39 is 22.0 Å². The van der Waals surface area contributed by atoms with Gasteiger partial charge in [0.05, 0.1) is 10.6 Å². The number of nitrogens with one attached hydrogen (secondary N) is 2. The van der Waals surface area contributed by atoms with Crippen molar-refractivity contribution < 1.29 is 22.8 Å². The molecule has 1 unspecified atom stereocenters. The second-order valence-electron chi connectivity index (χ2n) is 6.65.